The Morgan fingerprint density at radius 2 is 1.97 bits per heavy atom. The van der Waals surface area contributed by atoms with Crippen molar-refractivity contribution >= 4 is 55.7 Å². The van der Waals surface area contributed by atoms with Gasteiger partial charge < -0.3 is 14.8 Å². The molecule has 0 aliphatic carbocycles. The molecule has 0 bridgehead atoms. The van der Waals surface area contributed by atoms with E-state index in [0.717, 1.165) is 35.5 Å². The van der Waals surface area contributed by atoms with Crippen molar-refractivity contribution in [2.24, 2.45) is 5.92 Å². The number of nitrogens with one attached hydrogen (secondary N) is 2. The highest BCUT2D eigenvalue weighted by molar-refractivity contribution is 7.93. The fourth-order valence-corrected chi connectivity index (χ4v) is 5.59. The van der Waals surface area contributed by atoms with Gasteiger partial charge in [0.25, 0.3) is 10.0 Å². The zero-order valence-corrected chi connectivity index (χ0v) is 23.9. The first-order valence-electron chi connectivity index (χ1n) is 11.8. The van der Waals surface area contributed by atoms with Crippen LogP contribution in [-0.2, 0) is 26.0 Å². The molecule has 2 aromatic carbocycles. The molecule has 1 aromatic heterocycles. The van der Waals surface area contributed by atoms with Crippen LogP contribution in [0.4, 0.5) is 9.52 Å². The number of rotatable bonds is 14. The second-order valence-corrected chi connectivity index (χ2v) is 12.1. The maximum Gasteiger partial charge on any atom is 0.319 e. The van der Waals surface area contributed by atoms with Gasteiger partial charge in [0.15, 0.2) is 5.13 Å². The van der Waals surface area contributed by atoms with Crippen molar-refractivity contribution in [2.75, 3.05) is 24.4 Å². The van der Waals surface area contributed by atoms with Gasteiger partial charge in [-0.1, -0.05) is 37.0 Å². The number of nitrogens with zero attached hydrogens (tertiary/aromatic N) is 1. The van der Waals surface area contributed by atoms with E-state index in [2.05, 4.69) is 28.9 Å². The maximum atomic E-state index is 14.8. The molecule has 0 saturated heterocycles. The van der Waals surface area contributed by atoms with Crippen LogP contribution in [0.25, 0.3) is 0 Å². The van der Waals surface area contributed by atoms with E-state index in [1.807, 2.05) is 0 Å². The Hall–Kier alpha value is -2.44. The Balaban J connectivity index is 1.62. The summed E-state index contributed by atoms with van der Waals surface area (Å²) in [5, 5.41) is 5.12. The lowest BCUT2D eigenvalue weighted by Crippen LogP contribution is -2.26. The minimum atomic E-state index is -4.25. The van der Waals surface area contributed by atoms with Gasteiger partial charge in [-0.05, 0) is 61.6 Å². The van der Waals surface area contributed by atoms with E-state index in [4.69, 9.17) is 32.7 Å². The molecule has 3 aromatic rings. The second kappa shape index (κ2) is 14.1. The molecule has 0 atom stereocenters. The van der Waals surface area contributed by atoms with Crippen LogP contribution in [0.15, 0.2) is 46.8 Å². The number of thiazole rings is 1. The van der Waals surface area contributed by atoms with E-state index in [0.29, 0.717) is 42.7 Å². The number of ether oxygens (including phenoxy) is 2. The summed E-state index contributed by atoms with van der Waals surface area (Å²) in [5.74, 6) is -0.536. The van der Waals surface area contributed by atoms with Gasteiger partial charge in [-0.2, -0.15) is 0 Å². The Kier molecular flexibility index (Phi) is 11.2. The van der Waals surface area contributed by atoms with Crippen molar-refractivity contribution < 1.29 is 27.1 Å². The summed E-state index contributed by atoms with van der Waals surface area (Å²) in [7, 11) is -4.25. The number of anilines is 1. The molecule has 3 rings (SSSR count). The van der Waals surface area contributed by atoms with E-state index in [-0.39, 0.29) is 28.4 Å². The maximum absolute atomic E-state index is 14.8. The van der Waals surface area contributed by atoms with Gasteiger partial charge in [-0.3, -0.25) is 9.52 Å². The average Bonchev–Trinajstić information content (AvgIpc) is 3.34. The molecule has 0 fully saturated rings. The summed E-state index contributed by atoms with van der Waals surface area (Å²) in [4.78, 5) is 15.0. The Morgan fingerprint density at radius 1 is 1.18 bits per heavy atom. The van der Waals surface area contributed by atoms with Crippen molar-refractivity contribution in [3.05, 3.63) is 63.3 Å². The second-order valence-electron chi connectivity index (χ2n) is 8.69. The molecule has 2 N–H and O–H groups in total. The molecule has 0 aliphatic rings. The third kappa shape index (κ3) is 9.09. The quantitative estimate of drug-likeness (QED) is 0.165. The summed E-state index contributed by atoms with van der Waals surface area (Å²) in [6, 6.07) is 6.87. The Bertz CT molecular complexity index is 1340. The van der Waals surface area contributed by atoms with Crippen LogP contribution in [0.3, 0.4) is 0 Å². The van der Waals surface area contributed by atoms with Gasteiger partial charge in [-0.15, -0.1) is 11.3 Å². The van der Waals surface area contributed by atoms with E-state index in [1.54, 1.807) is 23.6 Å². The highest BCUT2D eigenvalue weighted by Crippen LogP contribution is 2.36. The largest absolute Gasteiger partial charge is 0.465 e. The van der Waals surface area contributed by atoms with Gasteiger partial charge in [0, 0.05) is 22.7 Å². The molecule has 0 aliphatic heterocycles. The van der Waals surface area contributed by atoms with E-state index >= 15 is 0 Å². The van der Waals surface area contributed by atoms with E-state index < -0.39 is 20.7 Å². The molecule has 8 nitrogen and oxygen atoms in total. The Morgan fingerprint density at radius 3 is 2.68 bits per heavy atom. The highest BCUT2D eigenvalue weighted by atomic mass is 35.5. The van der Waals surface area contributed by atoms with Crippen molar-refractivity contribution in [1.29, 1.82) is 0 Å². The monoisotopic (exact) mass is 603 g/mol. The van der Waals surface area contributed by atoms with Crippen molar-refractivity contribution in [3.63, 3.8) is 0 Å². The number of carbonyl (C=O) groups excluding carboxylic acids is 1. The zero-order chi connectivity index (χ0) is 27.7. The smallest absolute Gasteiger partial charge is 0.319 e. The molecular weight excluding hydrogens is 576 g/mol. The summed E-state index contributed by atoms with van der Waals surface area (Å²) < 4.78 is 53.3. The molecule has 13 heteroatoms. The molecule has 0 saturated carbocycles. The van der Waals surface area contributed by atoms with Gasteiger partial charge in [-0.25, -0.2) is 17.8 Å². The normalized spacial score (nSPS) is 11.5. The van der Waals surface area contributed by atoms with Crippen LogP contribution in [-0.4, -0.2) is 39.1 Å². The fraction of sp³-hybridized carbons (Fsp3) is 0.360. The molecule has 206 valence electrons. The summed E-state index contributed by atoms with van der Waals surface area (Å²) in [6.07, 6.45) is 3.43. The predicted molar refractivity (Wildman–Crippen MR) is 147 cm³/mol. The lowest BCUT2D eigenvalue weighted by atomic mass is 10.1. The standard InChI is InChI=1S/C25H28Cl2FN3O5S2/c1-16(2)7-10-35-24(32)15-29-8-3-4-17-12-18(26)5-6-21(17)36-22-14-20(28)23(13-19(22)27)38(33,34)31-25-30-9-11-37-25/h5-6,9,11-14,16,29H,3-4,7-8,10,15H2,1-2H3,(H,30,31). The fourth-order valence-electron chi connectivity index (χ4n) is 3.25. The number of esters is 1. The van der Waals surface area contributed by atoms with Crippen LogP contribution in [0.5, 0.6) is 11.5 Å². The zero-order valence-electron chi connectivity index (χ0n) is 20.8. The van der Waals surface area contributed by atoms with Crippen molar-refractivity contribution in [1.82, 2.24) is 10.3 Å². The third-order valence-corrected chi connectivity index (χ3v) is 7.90. The highest BCUT2D eigenvalue weighted by Gasteiger charge is 2.23. The molecule has 0 spiro atoms. The van der Waals surface area contributed by atoms with Crippen LogP contribution >= 0.6 is 34.5 Å². The lowest BCUT2D eigenvalue weighted by Gasteiger charge is -2.14. The first-order chi connectivity index (χ1) is 18.0. The molecule has 38 heavy (non-hydrogen) atoms. The molecule has 0 amide bonds. The third-order valence-electron chi connectivity index (χ3n) is 5.20. The van der Waals surface area contributed by atoms with Crippen molar-refractivity contribution in [2.45, 2.75) is 38.0 Å². The summed E-state index contributed by atoms with van der Waals surface area (Å²) in [5.41, 5.74) is 0.734. The van der Waals surface area contributed by atoms with Crippen LogP contribution in [0.1, 0.15) is 32.3 Å². The number of aromatic nitrogens is 1. The lowest BCUT2D eigenvalue weighted by molar-refractivity contribution is -0.142. The number of carbonyl (C=O) groups is 1. The topological polar surface area (TPSA) is 107 Å². The molecular formula is C25H28Cl2FN3O5S2. The average molecular weight is 605 g/mol. The minimum Gasteiger partial charge on any atom is -0.465 e. The van der Waals surface area contributed by atoms with Crippen LogP contribution in [0.2, 0.25) is 10.0 Å². The minimum absolute atomic E-state index is 0.0526. The van der Waals surface area contributed by atoms with E-state index in [9.17, 15) is 17.6 Å². The van der Waals surface area contributed by atoms with Crippen LogP contribution < -0.4 is 14.8 Å². The molecule has 0 radical (unpaired) electrons. The number of halogens is 3. The van der Waals surface area contributed by atoms with Gasteiger partial charge in [0.1, 0.15) is 22.2 Å². The van der Waals surface area contributed by atoms with E-state index in [1.165, 1.54) is 6.20 Å². The number of aryl methyl sites for hydroxylation is 1. The van der Waals surface area contributed by atoms with Gasteiger partial charge in [0.2, 0.25) is 0 Å². The molecule has 1 heterocycles. The number of hydrogen-bond acceptors (Lipinski definition) is 8. The number of benzene rings is 2. The summed E-state index contributed by atoms with van der Waals surface area (Å²) in [6.45, 7) is 5.18. The number of sulfonamides is 1. The first-order valence-corrected chi connectivity index (χ1v) is 14.9. The Labute approximate surface area is 235 Å². The van der Waals surface area contributed by atoms with Gasteiger partial charge >= 0.3 is 5.97 Å². The summed E-state index contributed by atoms with van der Waals surface area (Å²) >= 11 is 13.5. The van der Waals surface area contributed by atoms with Gasteiger partial charge in [0.05, 0.1) is 18.2 Å². The SMILES string of the molecule is CC(C)CCOC(=O)CNCCCc1cc(Cl)ccc1Oc1cc(F)c(S(=O)(=O)Nc2nccs2)cc1Cl. The van der Waals surface area contributed by atoms with Crippen molar-refractivity contribution in [3.8, 4) is 11.5 Å². The van der Waals surface area contributed by atoms with Crippen LogP contribution in [0, 0.1) is 11.7 Å². The first kappa shape index (κ1) is 30.1. The molecule has 0 unspecified atom stereocenters. The number of hydrogen-bond donors (Lipinski definition) is 2. The predicted octanol–water partition coefficient (Wildman–Crippen LogP) is 6.29.